The zero-order valence-corrected chi connectivity index (χ0v) is 21.2. The van der Waals surface area contributed by atoms with Crippen molar-refractivity contribution in [3.63, 3.8) is 0 Å². The van der Waals surface area contributed by atoms with Crippen LogP contribution in [0.2, 0.25) is 0 Å². The number of nitrogens with zero attached hydrogens (tertiary/aromatic N) is 1. The van der Waals surface area contributed by atoms with E-state index in [1.165, 1.54) is 4.90 Å². The van der Waals surface area contributed by atoms with Crippen LogP contribution in [0.25, 0.3) is 0 Å². The van der Waals surface area contributed by atoms with Crippen molar-refractivity contribution in [2.75, 3.05) is 30.0 Å². The standard InChI is InChI=1S/C28H34N2O6/c1-4-7-15-35-27(33)21-11-13-23(14-12-21)30-17-22(16-25(30)32)28(34)36-18-24(31)29-26-19(5-2)9-8-10-20(26)6-3/h8-14,22H,4-7,15-18H2,1-3H3,(H,29,31)/t22-/m1/s1. The molecule has 0 bridgehead atoms. The number of carbonyl (C=O) groups is 4. The molecule has 0 aromatic heterocycles. The Morgan fingerprint density at radius 3 is 2.25 bits per heavy atom. The minimum atomic E-state index is -0.668. The number of ether oxygens (including phenoxy) is 2. The molecule has 192 valence electrons. The van der Waals surface area contributed by atoms with Gasteiger partial charge in [-0.3, -0.25) is 14.4 Å². The average Bonchev–Trinajstić information content (AvgIpc) is 3.29. The van der Waals surface area contributed by atoms with Gasteiger partial charge in [0.05, 0.1) is 18.1 Å². The number of carbonyl (C=O) groups excluding carboxylic acids is 4. The van der Waals surface area contributed by atoms with Crippen LogP contribution < -0.4 is 10.2 Å². The van der Waals surface area contributed by atoms with Gasteiger partial charge in [0.2, 0.25) is 5.91 Å². The molecule has 3 rings (SSSR count). The predicted octanol–water partition coefficient (Wildman–Crippen LogP) is 4.30. The summed E-state index contributed by atoms with van der Waals surface area (Å²) >= 11 is 0. The van der Waals surface area contributed by atoms with Crippen molar-refractivity contribution >= 4 is 35.1 Å². The smallest absolute Gasteiger partial charge is 0.338 e. The zero-order valence-electron chi connectivity index (χ0n) is 21.2. The average molecular weight is 495 g/mol. The van der Waals surface area contributed by atoms with E-state index >= 15 is 0 Å². The predicted molar refractivity (Wildman–Crippen MR) is 137 cm³/mol. The van der Waals surface area contributed by atoms with Gasteiger partial charge in [-0.2, -0.15) is 0 Å². The summed E-state index contributed by atoms with van der Waals surface area (Å²) in [6.07, 6.45) is 3.27. The van der Waals surface area contributed by atoms with Crippen LogP contribution in [0.5, 0.6) is 0 Å². The number of hydrogen-bond donors (Lipinski definition) is 1. The Balaban J connectivity index is 1.53. The second-order valence-corrected chi connectivity index (χ2v) is 8.76. The fraction of sp³-hybridized carbons (Fsp3) is 0.429. The summed E-state index contributed by atoms with van der Waals surface area (Å²) in [6.45, 7) is 6.15. The lowest BCUT2D eigenvalue weighted by Crippen LogP contribution is -2.28. The van der Waals surface area contributed by atoms with Gasteiger partial charge in [0.25, 0.3) is 5.91 Å². The molecule has 2 amide bonds. The number of aryl methyl sites for hydroxylation is 2. The minimum Gasteiger partial charge on any atom is -0.462 e. The Hall–Kier alpha value is -3.68. The van der Waals surface area contributed by atoms with Gasteiger partial charge in [-0.25, -0.2) is 4.79 Å². The Kier molecular flexibility index (Phi) is 9.61. The molecule has 1 heterocycles. The van der Waals surface area contributed by atoms with E-state index in [4.69, 9.17) is 9.47 Å². The highest BCUT2D eigenvalue weighted by atomic mass is 16.5. The molecule has 0 radical (unpaired) electrons. The van der Waals surface area contributed by atoms with Crippen LogP contribution in [0.4, 0.5) is 11.4 Å². The van der Waals surface area contributed by atoms with Crippen molar-refractivity contribution in [1.29, 1.82) is 0 Å². The number of nitrogens with one attached hydrogen (secondary N) is 1. The fourth-order valence-corrected chi connectivity index (χ4v) is 4.12. The maximum absolute atomic E-state index is 12.6. The van der Waals surface area contributed by atoms with E-state index in [1.807, 2.05) is 39.0 Å². The third-order valence-corrected chi connectivity index (χ3v) is 6.21. The molecule has 0 saturated carbocycles. The molecule has 0 aliphatic carbocycles. The van der Waals surface area contributed by atoms with E-state index in [1.54, 1.807) is 24.3 Å². The van der Waals surface area contributed by atoms with E-state index in [-0.39, 0.29) is 18.9 Å². The maximum Gasteiger partial charge on any atom is 0.338 e. The van der Waals surface area contributed by atoms with E-state index in [2.05, 4.69) is 5.32 Å². The number of benzene rings is 2. The molecule has 36 heavy (non-hydrogen) atoms. The lowest BCUT2D eigenvalue weighted by atomic mass is 10.0. The fourth-order valence-electron chi connectivity index (χ4n) is 4.12. The molecule has 1 aliphatic rings. The van der Waals surface area contributed by atoms with Crippen molar-refractivity contribution in [2.24, 2.45) is 5.92 Å². The summed E-state index contributed by atoms with van der Waals surface area (Å²) < 4.78 is 10.4. The van der Waals surface area contributed by atoms with Crippen LogP contribution in [-0.2, 0) is 36.7 Å². The topological polar surface area (TPSA) is 102 Å². The lowest BCUT2D eigenvalue weighted by molar-refractivity contribution is -0.151. The van der Waals surface area contributed by atoms with Crippen LogP contribution in [-0.4, -0.2) is 43.5 Å². The van der Waals surface area contributed by atoms with Gasteiger partial charge in [-0.05, 0) is 54.7 Å². The third kappa shape index (κ3) is 6.71. The lowest BCUT2D eigenvalue weighted by Gasteiger charge is -2.17. The molecule has 1 N–H and O–H groups in total. The van der Waals surface area contributed by atoms with E-state index in [0.29, 0.717) is 17.9 Å². The molecule has 0 unspecified atom stereocenters. The molecule has 1 fully saturated rings. The molecular weight excluding hydrogens is 460 g/mol. The molecule has 8 heteroatoms. The van der Waals surface area contributed by atoms with Gasteiger partial charge in [-0.1, -0.05) is 45.4 Å². The first kappa shape index (κ1) is 26.9. The zero-order chi connectivity index (χ0) is 26.1. The summed E-state index contributed by atoms with van der Waals surface area (Å²) in [5.74, 6) is -2.30. The molecule has 2 aromatic rings. The number of esters is 2. The first-order chi connectivity index (χ1) is 17.4. The molecule has 1 saturated heterocycles. The highest BCUT2D eigenvalue weighted by molar-refractivity contribution is 6.00. The second kappa shape index (κ2) is 12.9. The molecule has 8 nitrogen and oxygen atoms in total. The third-order valence-electron chi connectivity index (χ3n) is 6.21. The minimum absolute atomic E-state index is 0.0000851. The Bertz CT molecular complexity index is 1070. The van der Waals surface area contributed by atoms with Gasteiger partial charge >= 0.3 is 11.9 Å². The quantitative estimate of drug-likeness (QED) is 0.369. The number of rotatable bonds is 11. The van der Waals surface area contributed by atoms with Gasteiger partial charge < -0.3 is 19.7 Å². The van der Waals surface area contributed by atoms with Crippen LogP contribution in [0, 0.1) is 5.92 Å². The molecule has 1 aliphatic heterocycles. The molecule has 0 spiro atoms. The Labute approximate surface area is 212 Å². The Morgan fingerprint density at radius 2 is 1.64 bits per heavy atom. The van der Waals surface area contributed by atoms with Gasteiger partial charge in [-0.15, -0.1) is 0 Å². The largest absolute Gasteiger partial charge is 0.462 e. The van der Waals surface area contributed by atoms with Crippen LogP contribution >= 0.6 is 0 Å². The number of hydrogen-bond acceptors (Lipinski definition) is 6. The number of unbranched alkanes of at least 4 members (excludes halogenated alkanes) is 1. The second-order valence-electron chi connectivity index (χ2n) is 8.76. The summed E-state index contributed by atoms with van der Waals surface area (Å²) in [7, 11) is 0. The van der Waals surface area contributed by atoms with Gasteiger partial charge in [0.1, 0.15) is 0 Å². The van der Waals surface area contributed by atoms with E-state index in [9.17, 15) is 19.2 Å². The number of amides is 2. The normalized spacial score (nSPS) is 15.0. The first-order valence-electron chi connectivity index (χ1n) is 12.5. The monoisotopic (exact) mass is 494 g/mol. The van der Waals surface area contributed by atoms with Gasteiger partial charge in [0.15, 0.2) is 6.61 Å². The van der Waals surface area contributed by atoms with E-state index < -0.39 is 30.4 Å². The molecular formula is C28H34N2O6. The highest BCUT2D eigenvalue weighted by Gasteiger charge is 2.36. The van der Waals surface area contributed by atoms with E-state index in [0.717, 1.165) is 42.5 Å². The number of para-hydroxylation sites is 1. The van der Waals surface area contributed by atoms with Crippen molar-refractivity contribution < 1.29 is 28.7 Å². The number of anilines is 2. The van der Waals surface area contributed by atoms with Crippen molar-refractivity contribution in [3.8, 4) is 0 Å². The van der Waals surface area contributed by atoms with Crippen molar-refractivity contribution in [1.82, 2.24) is 0 Å². The molecule has 1 atom stereocenters. The SMILES string of the molecule is CCCCOC(=O)c1ccc(N2C[C@H](C(=O)OCC(=O)Nc3c(CC)cccc3CC)CC2=O)cc1. The first-order valence-corrected chi connectivity index (χ1v) is 12.5. The summed E-state index contributed by atoms with van der Waals surface area (Å²) in [6, 6.07) is 12.4. The van der Waals surface area contributed by atoms with Crippen molar-refractivity contribution in [3.05, 3.63) is 59.2 Å². The maximum atomic E-state index is 12.6. The summed E-state index contributed by atoms with van der Waals surface area (Å²) in [5, 5.41) is 2.87. The van der Waals surface area contributed by atoms with Crippen LogP contribution in [0.1, 0.15) is 61.5 Å². The van der Waals surface area contributed by atoms with Gasteiger partial charge in [0, 0.05) is 24.3 Å². The Morgan fingerprint density at radius 1 is 0.972 bits per heavy atom. The molecule has 2 aromatic carbocycles. The highest BCUT2D eigenvalue weighted by Crippen LogP contribution is 2.27. The summed E-state index contributed by atoms with van der Waals surface area (Å²) in [5.41, 5.74) is 3.79. The van der Waals surface area contributed by atoms with Crippen molar-refractivity contribution in [2.45, 2.75) is 52.9 Å². The van der Waals surface area contributed by atoms with Crippen LogP contribution in [0.3, 0.4) is 0 Å². The summed E-state index contributed by atoms with van der Waals surface area (Å²) in [4.78, 5) is 51.2. The van der Waals surface area contributed by atoms with Crippen LogP contribution in [0.15, 0.2) is 42.5 Å².